The zero-order chi connectivity index (χ0) is 20.4. The normalized spacial score (nSPS) is 13.2. The Hall–Kier alpha value is -0.870. The Balaban J connectivity index is 0.00000729. The minimum atomic E-state index is -3.19. The van der Waals surface area contributed by atoms with Gasteiger partial charge in [-0.15, -0.1) is 24.0 Å². The van der Waals surface area contributed by atoms with Gasteiger partial charge < -0.3 is 15.4 Å². The van der Waals surface area contributed by atoms with E-state index in [1.807, 2.05) is 32.9 Å². The molecule has 28 heavy (non-hydrogen) atoms. The summed E-state index contributed by atoms with van der Waals surface area (Å²) in [6, 6.07) is 5.36. The van der Waals surface area contributed by atoms with Crippen molar-refractivity contribution < 1.29 is 13.2 Å². The Bertz CT molecular complexity index is 721. The minimum absolute atomic E-state index is 0. The van der Waals surface area contributed by atoms with Gasteiger partial charge in [-0.05, 0) is 50.3 Å². The van der Waals surface area contributed by atoms with Crippen LogP contribution in [-0.2, 0) is 21.1 Å². The fourth-order valence-electron chi connectivity index (χ4n) is 2.89. The first-order valence-electron chi connectivity index (χ1n) is 9.62. The molecule has 0 fully saturated rings. The predicted molar refractivity (Wildman–Crippen MR) is 127 cm³/mol. The highest BCUT2D eigenvalue weighted by Crippen LogP contribution is 2.17. The van der Waals surface area contributed by atoms with Crippen LogP contribution in [0.4, 0.5) is 0 Å². The summed E-state index contributed by atoms with van der Waals surface area (Å²) in [5, 5.41) is 6.59. The molecular formula is C20H36IN3O3S. The molecule has 1 unspecified atom stereocenters. The zero-order valence-electron chi connectivity index (χ0n) is 17.9. The molecule has 0 aliphatic rings. The number of nitrogens with zero attached hydrogens (tertiary/aromatic N) is 1. The number of sulfone groups is 1. The molecule has 0 bridgehead atoms. The molecule has 1 atom stereocenters. The van der Waals surface area contributed by atoms with E-state index in [0.29, 0.717) is 17.4 Å². The number of guanidine groups is 1. The number of halogens is 1. The number of rotatable bonds is 10. The molecule has 0 saturated heterocycles. The molecule has 0 radical (unpaired) electrons. The Morgan fingerprint density at radius 3 is 2.39 bits per heavy atom. The zero-order valence-corrected chi connectivity index (χ0v) is 21.1. The minimum Gasteiger partial charge on any atom is -0.378 e. The van der Waals surface area contributed by atoms with Crippen LogP contribution in [0.3, 0.4) is 0 Å². The highest BCUT2D eigenvalue weighted by molar-refractivity contribution is 14.0. The van der Waals surface area contributed by atoms with E-state index in [4.69, 9.17) is 4.74 Å². The summed E-state index contributed by atoms with van der Waals surface area (Å²) in [5.74, 6) is 1.23. The van der Waals surface area contributed by atoms with Gasteiger partial charge >= 0.3 is 0 Å². The van der Waals surface area contributed by atoms with Gasteiger partial charge in [0.1, 0.15) is 0 Å². The van der Waals surface area contributed by atoms with Crippen molar-refractivity contribution >= 4 is 39.8 Å². The maximum atomic E-state index is 11.7. The highest BCUT2D eigenvalue weighted by atomic mass is 127. The third kappa shape index (κ3) is 9.56. The smallest absolute Gasteiger partial charge is 0.191 e. The molecule has 0 heterocycles. The first-order chi connectivity index (χ1) is 12.7. The number of aryl methyl sites for hydroxylation is 1. The molecule has 0 aliphatic carbocycles. The van der Waals surface area contributed by atoms with Crippen LogP contribution in [0.15, 0.2) is 28.1 Å². The number of nitrogens with one attached hydrogen (secondary N) is 2. The summed E-state index contributed by atoms with van der Waals surface area (Å²) in [4.78, 5) is 4.98. The first-order valence-corrected chi connectivity index (χ1v) is 11.5. The second kappa shape index (κ2) is 13.4. The lowest BCUT2D eigenvalue weighted by Gasteiger charge is -2.21. The van der Waals surface area contributed by atoms with Crippen molar-refractivity contribution in [2.24, 2.45) is 10.9 Å². The van der Waals surface area contributed by atoms with Crippen LogP contribution in [0.25, 0.3) is 0 Å². The van der Waals surface area contributed by atoms with Gasteiger partial charge in [0.15, 0.2) is 15.8 Å². The van der Waals surface area contributed by atoms with Gasteiger partial charge in [0.2, 0.25) is 0 Å². The van der Waals surface area contributed by atoms with E-state index in [0.717, 1.165) is 43.2 Å². The summed E-state index contributed by atoms with van der Waals surface area (Å²) < 4.78 is 29.2. The van der Waals surface area contributed by atoms with Crippen LogP contribution in [0.2, 0.25) is 0 Å². The lowest BCUT2D eigenvalue weighted by atomic mass is 10.0. The second-order valence-electron chi connectivity index (χ2n) is 7.02. The molecular weight excluding hydrogens is 489 g/mol. The van der Waals surface area contributed by atoms with Crippen molar-refractivity contribution in [1.29, 1.82) is 0 Å². The molecule has 0 aromatic heterocycles. The van der Waals surface area contributed by atoms with E-state index in [1.165, 1.54) is 6.26 Å². The van der Waals surface area contributed by atoms with Gasteiger partial charge in [0.05, 0.1) is 17.5 Å². The van der Waals surface area contributed by atoms with Gasteiger partial charge in [0.25, 0.3) is 0 Å². The van der Waals surface area contributed by atoms with Crippen LogP contribution in [0.5, 0.6) is 0 Å². The third-order valence-electron chi connectivity index (χ3n) is 4.25. The molecule has 0 aliphatic heterocycles. The van der Waals surface area contributed by atoms with Gasteiger partial charge in [-0.25, -0.2) is 13.4 Å². The quantitative estimate of drug-likeness (QED) is 0.278. The molecule has 6 nitrogen and oxygen atoms in total. The Labute approximate surface area is 187 Å². The Morgan fingerprint density at radius 1 is 1.21 bits per heavy atom. The number of benzene rings is 1. The topological polar surface area (TPSA) is 79.8 Å². The lowest BCUT2D eigenvalue weighted by Crippen LogP contribution is -2.39. The van der Waals surface area contributed by atoms with E-state index in [-0.39, 0.29) is 30.1 Å². The van der Waals surface area contributed by atoms with Crippen molar-refractivity contribution in [2.45, 2.75) is 58.6 Å². The molecule has 1 rings (SSSR count). The molecule has 2 N–H and O–H groups in total. The second-order valence-corrected chi connectivity index (χ2v) is 9.00. The van der Waals surface area contributed by atoms with E-state index in [2.05, 4.69) is 29.5 Å². The fraction of sp³-hybridized carbons (Fsp3) is 0.650. The van der Waals surface area contributed by atoms with Crippen LogP contribution in [0.1, 0.15) is 45.2 Å². The van der Waals surface area contributed by atoms with Gasteiger partial charge in [-0.1, -0.05) is 26.0 Å². The van der Waals surface area contributed by atoms with Crippen LogP contribution in [-0.4, -0.2) is 46.4 Å². The van der Waals surface area contributed by atoms with Crippen LogP contribution < -0.4 is 10.6 Å². The van der Waals surface area contributed by atoms with Crippen LogP contribution >= 0.6 is 24.0 Å². The lowest BCUT2D eigenvalue weighted by molar-refractivity contribution is 0.0258. The van der Waals surface area contributed by atoms with E-state index in [9.17, 15) is 8.42 Å². The van der Waals surface area contributed by atoms with Crippen molar-refractivity contribution in [1.82, 2.24) is 10.6 Å². The van der Waals surface area contributed by atoms with Gasteiger partial charge in [-0.2, -0.15) is 0 Å². The van der Waals surface area contributed by atoms with E-state index >= 15 is 0 Å². The molecule has 0 spiro atoms. The Morgan fingerprint density at radius 2 is 1.89 bits per heavy atom. The average molecular weight is 525 g/mol. The van der Waals surface area contributed by atoms with Crippen molar-refractivity contribution in [3.63, 3.8) is 0 Å². The summed E-state index contributed by atoms with van der Waals surface area (Å²) in [6.07, 6.45) is 2.38. The molecule has 162 valence electrons. The third-order valence-corrected chi connectivity index (χ3v) is 5.51. The van der Waals surface area contributed by atoms with Crippen molar-refractivity contribution in [2.75, 3.05) is 26.0 Å². The molecule has 1 aromatic rings. The van der Waals surface area contributed by atoms with Crippen LogP contribution in [0, 0.1) is 12.8 Å². The highest BCUT2D eigenvalue weighted by Gasteiger charge is 2.13. The molecule has 0 saturated carbocycles. The molecule has 8 heteroatoms. The largest absolute Gasteiger partial charge is 0.378 e. The molecule has 1 aromatic carbocycles. The van der Waals surface area contributed by atoms with Gasteiger partial charge in [0, 0.05) is 26.0 Å². The number of aliphatic imine (C=N–C) groups is 1. The average Bonchev–Trinajstić information content (AvgIpc) is 2.57. The number of hydrogen-bond acceptors (Lipinski definition) is 4. The monoisotopic (exact) mass is 525 g/mol. The Kier molecular flexibility index (Phi) is 13.0. The SMILES string of the molecule is CCNC(=NCc1ccc(S(C)(=O)=O)c(C)c1)NCCC(OCC)C(C)C.I. The summed E-state index contributed by atoms with van der Waals surface area (Å²) in [6.45, 7) is 13.0. The fourth-order valence-corrected chi connectivity index (χ4v) is 3.85. The van der Waals surface area contributed by atoms with E-state index < -0.39 is 9.84 Å². The molecule has 0 amide bonds. The number of ether oxygens (including phenoxy) is 1. The van der Waals surface area contributed by atoms with E-state index in [1.54, 1.807) is 6.07 Å². The maximum absolute atomic E-state index is 11.7. The summed E-state index contributed by atoms with van der Waals surface area (Å²) >= 11 is 0. The maximum Gasteiger partial charge on any atom is 0.191 e. The standard InChI is InChI=1S/C20H35N3O3S.HI/c1-7-21-20(22-12-11-18(15(3)4)26-8-2)23-14-17-9-10-19(16(5)13-17)27(6,24)25;/h9-10,13,15,18H,7-8,11-12,14H2,1-6H3,(H2,21,22,23);1H. The van der Waals surface area contributed by atoms with Crippen molar-refractivity contribution in [3.8, 4) is 0 Å². The predicted octanol–water partition coefficient (Wildman–Crippen LogP) is 3.52. The summed E-state index contributed by atoms with van der Waals surface area (Å²) in [5.41, 5.74) is 1.73. The van der Waals surface area contributed by atoms with Gasteiger partial charge in [-0.3, -0.25) is 0 Å². The van der Waals surface area contributed by atoms with Crippen molar-refractivity contribution in [3.05, 3.63) is 29.3 Å². The summed E-state index contributed by atoms with van der Waals surface area (Å²) in [7, 11) is -3.19. The first kappa shape index (κ1) is 27.1. The number of hydrogen-bond donors (Lipinski definition) is 2.